The number of rotatable bonds is 3. The molecule has 1 heterocycles. The van der Waals surface area contributed by atoms with Crippen molar-refractivity contribution in [3.63, 3.8) is 0 Å². The minimum atomic E-state index is 0.788. The smallest absolute Gasteiger partial charge is 0.106 e. The average molecular weight is 266 g/mol. The Morgan fingerprint density at radius 2 is 2.00 bits per heavy atom. The van der Waals surface area contributed by atoms with Crippen LogP contribution in [0.25, 0.3) is 10.4 Å². The first-order valence-electron chi connectivity index (χ1n) is 5.15. The summed E-state index contributed by atoms with van der Waals surface area (Å²) in [5, 5.41) is 3.98. The van der Waals surface area contributed by atoms with E-state index in [1.54, 1.807) is 18.4 Å². The lowest BCUT2D eigenvalue weighted by atomic mass is 10.0. The molecule has 1 aromatic carbocycles. The lowest BCUT2D eigenvalue weighted by Gasteiger charge is -2.06. The van der Waals surface area contributed by atoms with Crippen LogP contribution in [0, 0.1) is 0 Å². The Bertz CT molecular complexity index is 548. The maximum atomic E-state index is 5.97. The second kappa shape index (κ2) is 5.34. The van der Waals surface area contributed by atoms with E-state index >= 15 is 0 Å². The minimum Gasteiger partial charge on any atom is -0.399 e. The lowest BCUT2D eigenvalue weighted by molar-refractivity contribution is 0.213. The number of hydrogen-bond acceptors (Lipinski definition) is 3. The molecule has 0 N–H and O–H groups in total. The van der Waals surface area contributed by atoms with E-state index in [2.05, 4.69) is 11.2 Å². The van der Waals surface area contributed by atoms with Gasteiger partial charge in [-0.3, -0.25) is 0 Å². The van der Waals surface area contributed by atoms with E-state index in [9.17, 15) is 0 Å². The van der Waals surface area contributed by atoms with Crippen LogP contribution >= 0.6 is 22.9 Å². The second-order valence-corrected chi connectivity index (χ2v) is 5.22. The first kappa shape index (κ1) is 12.1. The van der Waals surface area contributed by atoms with E-state index in [-0.39, 0.29) is 0 Å². The van der Waals surface area contributed by atoms with Gasteiger partial charge in [0.25, 0.3) is 0 Å². The van der Waals surface area contributed by atoms with Gasteiger partial charge in [-0.05, 0) is 19.1 Å². The topological polar surface area (TPSA) is 21.6 Å². The zero-order chi connectivity index (χ0) is 12.3. The molecule has 0 spiro atoms. The van der Waals surface area contributed by atoms with Crippen LogP contribution in [-0.4, -0.2) is 12.8 Å². The van der Waals surface area contributed by atoms with Gasteiger partial charge in [0, 0.05) is 16.0 Å². The number of benzene rings is 1. The van der Waals surface area contributed by atoms with Gasteiger partial charge in [-0.1, -0.05) is 41.0 Å². The fourth-order valence-electron chi connectivity index (χ4n) is 1.66. The van der Waals surface area contributed by atoms with Crippen molar-refractivity contribution in [2.24, 2.45) is 5.16 Å². The third kappa shape index (κ3) is 2.68. The molecule has 88 valence electrons. The Labute approximate surface area is 109 Å². The van der Waals surface area contributed by atoms with Crippen molar-refractivity contribution in [2.45, 2.75) is 6.92 Å². The maximum Gasteiger partial charge on any atom is 0.106 e. The molecule has 0 atom stereocenters. The third-order valence-corrected chi connectivity index (χ3v) is 3.65. The van der Waals surface area contributed by atoms with Gasteiger partial charge >= 0.3 is 0 Å². The third-order valence-electron chi connectivity index (χ3n) is 2.38. The van der Waals surface area contributed by atoms with Gasteiger partial charge in [0.15, 0.2) is 0 Å². The zero-order valence-electron chi connectivity index (χ0n) is 9.61. The highest BCUT2D eigenvalue weighted by Crippen LogP contribution is 2.33. The zero-order valence-corrected chi connectivity index (χ0v) is 11.2. The van der Waals surface area contributed by atoms with E-state index in [4.69, 9.17) is 16.4 Å². The summed E-state index contributed by atoms with van der Waals surface area (Å²) >= 11 is 7.53. The summed E-state index contributed by atoms with van der Waals surface area (Å²) in [4.78, 5) is 5.95. The maximum absolute atomic E-state index is 5.97. The molecule has 17 heavy (non-hydrogen) atoms. The molecule has 0 saturated carbocycles. The molecular formula is C13H12ClNOS. The molecule has 2 nitrogen and oxygen atoms in total. The van der Waals surface area contributed by atoms with Crippen LogP contribution in [-0.2, 0) is 4.84 Å². The second-order valence-electron chi connectivity index (χ2n) is 3.51. The average Bonchev–Trinajstić information content (AvgIpc) is 2.76. The van der Waals surface area contributed by atoms with Crippen molar-refractivity contribution in [1.29, 1.82) is 0 Å². The van der Waals surface area contributed by atoms with Crippen LogP contribution in [0.5, 0.6) is 0 Å². The van der Waals surface area contributed by atoms with Crippen molar-refractivity contribution >= 4 is 28.6 Å². The molecule has 0 fully saturated rings. The molecule has 2 aromatic rings. The number of thiophene rings is 1. The summed E-state index contributed by atoms with van der Waals surface area (Å²) in [6, 6.07) is 12.0. The lowest BCUT2D eigenvalue weighted by Crippen LogP contribution is -1.97. The van der Waals surface area contributed by atoms with Gasteiger partial charge in [0.2, 0.25) is 0 Å². The highest BCUT2D eigenvalue weighted by Gasteiger charge is 2.09. The minimum absolute atomic E-state index is 0.788. The first-order valence-corrected chi connectivity index (χ1v) is 6.34. The molecule has 0 radical (unpaired) electrons. The first-order chi connectivity index (χ1) is 8.22. The van der Waals surface area contributed by atoms with Crippen LogP contribution in [0.4, 0.5) is 0 Å². The van der Waals surface area contributed by atoms with E-state index in [0.29, 0.717) is 0 Å². The fourth-order valence-corrected chi connectivity index (χ4v) is 2.74. The summed E-state index contributed by atoms with van der Waals surface area (Å²) in [5.74, 6) is 0. The molecule has 4 heteroatoms. The van der Waals surface area contributed by atoms with Gasteiger partial charge < -0.3 is 4.84 Å². The molecular weight excluding hydrogens is 254 g/mol. The SMILES string of the molecule is CO/N=C(\C)c1ccccc1-c1ccc(Cl)s1. The highest BCUT2D eigenvalue weighted by molar-refractivity contribution is 7.19. The number of hydrogen-bond donors (Lipinski definition) is 0. The Hall–Kier alpha value is -1.32. The predicted molar refractivity (Wildman–Crippen MR) is 74.0 cm³/mol. The van der Waals surface area contributed by atoms with Gasteiger partial charge in [-0.2, -0.15) is 0 Å². The van der Waals surface area contributed by atoms with Gasteiger partial charge in [0.05, 0.1) is 10.0 Å². The van der Waals surface area contributed by atoms with Crippen molar-refractivity contribution in [3.8, 4) is 10.4 Å². The number of oxime groups is 1. The summed E-state index contributed by atoms with van der Waals surface area (Å²) < 4.78 is 0.788. The standard InChI is InChI=1S/C13H12ClNOS/c1-9(15-16-2)10-5-3-4-6-11(10)12-7-8-13(14)17-12/h3-8H,1-2H3/b15-9+. The van der Waals surface area contributed by atoms with Crippen molar-refractivity contribution < 1.29 is 4.84 Å². The molecule has 0 aliphatic heterocycles. The fraction of sp³-hybridized carbons (Fsp3) is 0.154. The molecule has 1 aromatic heterocycles. The van der Waals surface area contributed by atoms with E-state index < -0.39 is 0 Å². The van der Waals surface area contributed by atoms with Crippen molar-refractivity contribution in [3.05, 3.63) is 46.3 Å². The van der Waals surface area contributed by atoms with E-state index in [1.807, 2.05) is 37.3 Å². The predicted octanol–water partition coefficient (Wildman–Crippen LogP) is 4.44. The van der Waals surface area contributed by atoms with E-state index in [0.717, 1.165) is 26.1 Å². The van der Waals surface area contributed by atoms with Crippen molar-refractivity contribution in [2.75, 3.05) is 7.11 Å². The Kier molecular flexibility index (Phi) is 3.82. The summed E-state index contributed by atoms with van der Waals surface area (Å²) in [6.45, 7) is 1.93. The van der Waals surface area contributed by atoms with Crippen LogP contribution < -0.4 is 0 Å². The Morgan fingerprint density at radius 1 is 1.24 bits per heavy atom. The Morgan fingerprint density at radius 3 is 2.65 bits per heavy atom. The summed E-state index contributed by atoms with van der Waals surface area (Å²) in [5.41, 5.74) is 3.04. The van der Waals surface area contributed by atoms with Gasteiger partial charge in [-0.25, -0.2) is 0 Å². The monoisotopic (exact) mass is 265 g/mol. The summed E-state index contributed by atoms with van der Waals surface area (Å²) in [7, 11) is 1.55. The highest BCUT2D eigenvalue weighted by atomic mass is 35.5. The molecule has 2 rings (SSSR count). The normalized spacial score (nSPS) is 11.6. The molecule has 0 bridgehead atoms. The van der Waals surface area contributed by atoms with Gasteiger partial charge in [0.1, 0.15) is 7.11 Å². The molecule has 0 saturated heterocycles. The number of halogens is 1. The quantitative estimate of drug-likeness (QED) is 0.594. The van der Waals surface area contributed by atoms with Crippen LogP contribution in [0.2, 0.25) is 4.34 Å². The van der Waals surface area contributed by atoms with Crippen molar-refractivity contribution in [1.82, 2.24) is 0 Å². The van der Waals surface area contributed by atoms with Gasteiger partial charge in [-0.15, -0.1) is 11.3 Å². The number of nitrogens with zero attached hydrogens (tertiary/aromatic N) is 1. The molecule has 0 amide bonds. The van der Waals surface area contributed by atoms with Crippen LogP contribution in [0.1, 0.15) is 12.5 Å². The molecule has 0 unspecified atom stereocenters. The van der Waals surface area contributed by atoms with Crippen LogP contribution in [0.15, 0.2) is 41.6 Å². The van der Waals surface area contributed by atoms with E-state index in [1.165, 1.54) is 0 Å². The summed E-state index contributed by atoms with van der Waals surface area (Å²) in [6.07, 6.45) is 0. The largest absolute Gasteiger partial charge is 0.399 e. The molecule has 0 aliphatic rings. The molecule has 0 aliphatic carbocycles. The Balaban J connectivity index is 2.51. The van der Waals surface area contributed by atoms with Crippen LogP contribution in [0.3, 0.4) is 0 Å².